The summed E-state index contributed by atoms with van der Waals surface area (Å²) in [4.78, 5) is 14.1. The zero-order valence-corrected chi connectivity index (χ0v) is 14.9. The molecule has 0 atom stereocenters. The van der Waals surface area contributed by atoms with Crippen LogP contribution < -0.4 is 10.6 Å². The zero-order valence-electron chi connectivity index (χ0n) is 14.9. The Morgan fingerprint density at radius 1 is 1.33 bits per heavy atom. The standard InChI is InChI=1S/C18H27FN2O3/c1-17(2,3)24-16(22)12-18(23-4)7-9-21(10-8-18)15-6-5-13(20)11-14(15)19/h5-6,11H,7-10,12,20H2,1-4H3. The van der Waals surface area contributed by atoms with Crippen LogP contribution in [-0.2, 0) is 14.3 Å². The van der Waals surface area contributed by atoms with Crippen molar-refractivity contribution >= 4 is 17.3 Å². The highest BCUT2D eigenvalue weighted by molar-refractivity contribution is 5.71. The van der Waals surface area contributed by atoms with Gasteiger partial charge >= 0.3 is 5.97 Å². The normalized spacial score (nSPS) is 17.6. The second kappa shape index (κ2) is 6.97. The number of hydrogen-bond acceptors (Lipinski definition) is 5. The van der Waals surface area contributed by atoms with Crippen LogP contribution >= 0.6 is 0 Å². The fraction of sp³-hybridized carbons (Fsp3) is 0.611. The van der Waals surface area contributed by atoms with E-state index in [2.05, 4.69) is 0 Å². The number of nitrogens with zero attached hydrogens (tertiary/aromatic N) is 1. The van der Waals surface area contributed by atoms with Gasteiger partial charge in [0.05, 0.1) is 17.7 Å². The number of hydrogen-bond donors (Lipinski definition) is 1. The van der Waals surface area contributed by atoms with Crippen LogP contribution in [0.2, 0.25) is 0 Å². The van der Waals surface area contributed by atoms with Gasteiger partial charge in [0.1, 0.15) is 11.4 Å². The van der Waals surface area contributed by atoms with Crippen molar-refractivity contribution in [3.63, 3.8) is 0 Å². The van der Waals surface area contributed by atoms with E-state index >= 15 is 0 Å². The summed E-state index contributed by atoms with van der Waals surface area (Å²) in [6.45, 7) is 6.75. The zero-order chi connectivity index (χ0) is 18.0. The molecule has 0 bridgehead atoms. The van der Waals surface area contributed by atoms with Gasteiger partial charge in [-0.1, -0.05) is 0 Å². The number of rotatable bonds is 4. The predicted molar refractivity (Wildman–Crippen MR) is 92.5 cm³/mol. The molecule has 0 spiro atoms. The molecule has 0 aliphatic carbocycles. The molecule has 1 fully saturated rings. The molecule has 0 unspecified atom stereocenters. The van der Waals surface area contributed by atoms with E-state index in [0.717, 1.165) is 0 Å². The van der Waals surface area contributed by atoms with Crippen molar-refractivity contribution in [2.75, 3.05) is 30.8 Å². The van der Waals surface area contributed by atoms with Crippen molar-refractivity contribution < 1.29 is 18.7 Å². The van der Waals surface area contributed by atoms with Crippen LogP contribution in [-0.4, -0.2) is 37.4 Å². The first-order valence-corrected chi connectivity index (χ1v) is 8.21. The Balaban J connectivity index is 2.01. The number of ether oxygens (including phenoxy) is 2. The van der Waals surface area contributed by atoms with Crippen LogP contribution in [0.15, 0.2) is 18.2 Å². The smallest absolute Gasteiger partial charge is 0.309 e. The highest BCUT2D eigenvalue weighted by Crippen LogP contribution is 2.33. The summed E-state index contributed by atoms with van der Waals surface area (Å²) in [6, 6.07) is 4.71. The fourth-order valence-electron chi connectivity index (χ4n) is 3.03. The highest BCUT2D eigenvalue weighted by Gasteiger charge is 2.38. The summed E-state index contributed by atoms with van der Waals surface area (Å²) in [5, 5.41) is 0. The highest BCUT2D eigenvalue weighted by atomic mass is 19.1. The summed E-state index contributed by atoms with van der Waals surface area (Å²) in [5.41, 5.74) is 5.47. The van der Waals surface area contributed by atoms with Gasteiger partial charge in [0.2, 0.25) is 0 Å². The number of methoxy groups -OCH3 is 1. The molecule has 6 heteroatoms. The topological polar surface area (TPSA) is 64.8 Å². The fourth-order valence-corrected chi connectivity index (χ4v) is 3.03. The van der Waals surface area contributed by atoms with Crippen molar-refractivity contribution in [2.24, 2.45) is 0 Å². The maximum absolute atomic E-state index is 14.1. The Hall–Kier alpha value is -1.82. The number of carbonyl (C=O) groups is 1. The minimum absolute atomic E-state index is 0.207. The number of nitrogen functional groups attached to an aromatic ring is 1. The summed E-state index contributed by atoms with van der Waals surface area (Å²) in [6.07, 6.45) is 1.47. The Bertz CT molecular complexity index is 590. The van der Waals surface area contributed by atoms with Gasteiger partial charge in [-0.2, -0.15) is 0 Å². The van der Waals surface area contributed by atoms with Crippen LogP contribution in [0.25, 0.3) is 0 Å². The van der Waals surface area contributed by atoms with Crippen LogP contribution in [0.5, 0.6) is 0 Å². The lowest BCUT2D eigenvalue weighted by molar-refractivity contribution is -0.162. The maximum Gasteiger partial charge on any atom is 0.309 e. The van der Waals surface area contributed by atoms with Crippen molar-refractivity contribution in [1.29, 1.82) is 0 Å². The number of esters is 1. The number of carbonyl (C=O) groups excluding carboxylic acids is 1. The SMILES string of the molecule is COC1(CC(=O)OC(C)(C)C)CCN(c2ccc(N)cc2F)CC1. The van der Waals surface area contributed by atoms with Crippen molar-refractivity contribution in [3.05, 3.63) is 24.0 Å². The van der Waals surface area contributed by atoms with Gasteiger partial charge in [-0.3, -0.25) is 4.79 Å². The van der Waals surface area contributed by atoms with E-state index < -0.39 is 11.2 Å². The minimum Gasteiger partial charge on any atom is -0.460 e. The molecule has 1 aliphatic heterocycles. The molecule has 0 radical (unpaired) electrons. The third kappa shape index (κ3) is 4.60. The Morgan fingerprint density at radius 3 is 2.46 bits per heavy atom. The lowest BCUT2D eigenvalue weighted by atomic mass is 9.87. The lowest BCUT2D eigenvalue weighted by Gasteiger charge is -2.41. The molecule has 5 nitrogen and oxygen atoms in total. The maximum atomic E-state index is 14.1. The number of benzene rings is 1. The van der Waals surface area contributed by atoms with Gasteiger partial charge in [-0.05, 0) is 51.8 Å². The van der Waals surface area contributed by atoms with Crippen molar-refractivity contribution in [2.45, 2.75) is 51.2 Å². The molecule has 0 saturated carbocycles. The molecule has 1 aliphatic rings. The van der Waals surface area contributed by atoms with Gasteiger partial charge in [-0.15, -0.1) is 0 Å². The largest absolute Gasteiger partial charge is 0.460 e. The van der Waals surface area contributed by atoms with E-state index in [-0.39, 0.29) is 18.2 Å². The number of nitrogens with two attached hydrogens (primary N) is 1. The first kappa shape index (κ1) is 18.5. The summed E-state index contributed by atoms with van der Waals surface area (Å²) in [5.74, 6) is -0.594. The average Bonchev–Trinajstić information content (AvgIpc) is 2.46. The van der Waals surface area contributed by atoms with E-state index in [1.807, 2.05) is 25.7 Å². The lowest BCUT2D eigenvalue weighted by Crippen LogP contribution is -2.47. The van der Waals surface area contributed by atoms with E-state index in [4.69, 9.17) is 15.2 Å². The van der Waals surface area contributed by atoms with Gasteiger partial charge < -0.3 is 20.1 Å². The molecule has 1 heterocycles. The second-order valence-electron chi connectivity index (χ2n) is 7.35. The average molecular weight is 338 g/mol. The first-order chi connectivity index (χ1) is 11.1. The molecular weight excluding hydrogens is 311 g/mol. The number of anilines is 2. The van der Waals surface area contributed by atoms with E-state index in [9.17, 15) is 9.18 Å². The van der Waals surface area contributed by atoms with Gasteiger partial charge in [0, 0.05) is 25.9 Å². The molecule has 1 aromatic carbocycles. The third-order valence-electron chi connectivity index (χ3n) is 4.31. The summed E-state index contributed by atoms with van der Waals surface area (Å²) < 4.78 is 25.1. The molecule has 134 valence electrons. The van der Waals surface area contributed by atoms with Crippen LogP contribution in [0.4, 0.5) is 15.8 Å². The molecule has 2 rings (SSSR count). The van der Waals surface area contributed by atoms with Gasteiger partial charge in [0.25, 0.3) is 0 Å². The molecule has 1 aromatic rings. The number of halogens is 1. The van der Waals surface area contributed by atoms with Crippen LogP contribution in [0.1, 0.15) is 40.0 Å². The molecule has 2 N–H and O–H groups in total. The van der Waals surface area contributed by atoms with Crippen molar-refractivity contribution in [1.82, 2.24) is 0 Å². The van der Waals surface area contributed by atoms with E-state index in [1.54, 1.807) is 19.2 Å². The second-order valence-corrected chi connectivity index (χ2v) is 7.35. The predicted octanol–water partition coefficient (Wildman–Crippen LogP) is 3.13. The van der Waals surface area contributed by atoms with Gasteiger partial charge in [-0.25, -0.2) is 4.39 Å². The van der Waals surface area contributed by atoms with Crippen LogP contribution in [0.3, 0.4) is 0 Å². The monoisotopic (exact) mass is 338 g/mol. The summed E-state index contributed by atoms with van der Waals surface area (Å²) in [7, 11) is 1.61. The molecule has 24 heavy (non-hydrogen) atoms. The first-order valence-electron chi connectivity index (χ1n) is 8.21. The minimum atomic E-state index is -0.552. The Kier molecular flexibility index (Phi) is 5.38. The summed E-state index contributed by atoms with van der Waals surface area (Å²) >= 11 is 0. The third-order valence-corrected chi connectivity index (χ3v) is 4.31. The Labute approximate surface area is 142 Å². The van der Waals surface area contributed by atoms with Crippen LogP contribution in [0, 0.1) is 5.82 Å². The molecule has 0 aromatic heterocycles. The van der Waals surface area contributed by atoms with Crippen molar-refractivity contribution in [3.8, 4) is 0 Å². The number of piperidine rings is 1. The van der Waals surface area contributed by atoms with E-state index in [1.165, 1.54) is 6.07 Å². The quantitative estimate of drug-likeness (QED) is 0.675. The molecular formula is C18H27FN2O3. The molecule has 0 amide bonds. The van der Waals surface area contributed by atoms with Gasteiger partial charge in [0.15, 0.2) is 0 Å². The van der Waals surface area contributed by atoms with E-state index in [0.29, 0.717) is 37.3 Å². The molecule has 1 saturated heterocycles. The Morgan fingerprint density at radius 2 is 1.96 bits per heavy atom.